The number of halogens is 3. The van der Waals surface area contributed by atoms with E-state index in [9.17, 15) is 8.78 Å². The Balaban J connectivity index is 2.40. The Morgan fingerprint density at radius 2 is 1.79 bits per heavy atom. The molecule has 2 aromatic carbocycles. The van der Waals surface area contributed by atoms with Gasteiger partial charge in [0.05, 0.1) is 15.8 Å². The summed E-state index contributed by atoms with van der Waals surface area (Å²) in [7, 11) is 0. The third-order valence-corrected chi connectivity index (χ3v) is 3.49. The van der Waals surface area contributed by atoms with Crippen molar-refractivity contribution in [2.24, 2.45) is 5.73 Å². The fourth-order valence-corrected chi connectivity index (χ4v) is 2.40. The quantitative estimate of drug-likeness (QED) is 0.824. The molecule has 0 atom stereocenters. The van der Waals surface area contributed by atoms with Crippen LogP contribution in [0.15, 0.2) is 40.9 Å². The van der Waals surface area contributed by atoms with Gasteiger partial charge in [-0.05, 0) is 40.2 Å². The van der Waals surface area contributed by atoms with Gasteiger partial charge < -0.3 is 11.1 Å². The lowest BCUT2D eigenvalue weighted by atomic mass is 10.2. The SMILES string of the molecule is NC(=S)c1ccc(Nc2ccccc2F)c(F)c1Br. The molecule has 0 radical (unpaired) electrons. The summed E-state index contributed by atoms with van der Waals surface area (Å²) in [4.78, 5) is 0.0863. The summed E-state index contributed by atoms with van der Waals surface area (Å²) in [5.74, 6) is -1.04. The van der Waals surface area contributed by atoms with Crippen LogP contribution in [-0.4, -0.2) is 4.99 Å². The molecule has 0 saturated heterocycles. The summed E-state index contributed by atoms with van der Waals surface area (Å²) in [6, 6.07) is 9.05. The van der Waals surface area contributed by atoms with Crippen molar-refractivity contribution >= 4 is 44.5 Å². The summed E-state index contributed by atoms with van der Waals surface area (Å²) in [5.41, 5.74) is 6.19. The molecule has 0 unspecified atom stereocenters. The van der Waals surface area contributed by atoms with Crippen molar-refractivity contribution in [1.29, 1.82) is 0 Å². The zero-order chi connectivity index (χ0) is 14.0. The maximum Gasteiger partial charge on any atom is 0.161 e. The van der Waals surface area contributed by atoms with E-state index in [2.05, 4.69) is 21.2 Å². The van der Waals surface area contributed by atoms with E-state index in [4.69, 9.17) is 18.0 Å². The topological polar surface area (TPSA) is 38.0 Å². The number of rotatable bonds is 3. The number of nitrogens with two attached hydrogens (primary N) is 1. The van der Waals surface area contributed by atoms with Crippen molar-refractivity contribution in [3.8, 4) is 0 Å². The van der Waals surface area contributed by atoms with Gasteiger partial charge in [-0.2, -0.15) is 0 Å². The van der Waals surface area contributed by atoms with Gasteiger partial charge >= 0.3 is 0 Å². The lowest BCUT2D eigenvalue weighted by Crippen LogP contribution is -2.11. The predicted molar refractivity (Wildman–Crippen MR) is 79.7 cm³/mol. The van der Waals surface area contributed by atoms with E-state index >= 15 is 0 Å². The first-order valence-corrected chi connectivity index (χ1v) is 6.50. The van der Waals surface area contributed by atoms with Crippen LogP contribution in [0, 0.1) is 11.6 Å². The Morgan fingerprint density at radius 3 is 2.42 bits per heavy atom. The molecule has 0 aliphatic carbocycles. The first kappa shape index (κ1) is 13.9. The van der Waals surface area contributed by atoms with Crippen molar-refractivity contribution < 1.29 is 8.78 Å². The second kappa shape index (κ2) is 5.63. The molecule has 0 saturated carbocycles. The smallest absolute Gasteiger partial charge is 0.161 e. The predicted octanol–water partition coefficient (Wildman–Crippen LogP) is 4.11. The maximum absolute atomic E-state index is 14.1. The average molecular weight is 343 g/mol. The minimum absolute atomic E-state index is 0.0863. The van der Waals surface area contributed by atoms with Gasteiger partial charge in [0.15, 0.2) is 5.82 Å². The normalized spacial score (nSPS) is 10.3. The van der Waals surface area contributed by atoms with Gasteiger partial charge in [-0.3, -0.25) is 0 Å². The molecule has 2 aromatic rings. The van der Waals surface area contributed by atoms with E-state index in [1.165, 1.54) is 18.2 Å². The molecule has 3 N–H and O–H groups in total. The zero-order valence-corrected chi connectivity index (χ0v) is 12.0. The molecule has 0 bridgehead atoms. The fourth-order valence-electron chi connectivity index (χ4n) is 1.54. The summed E-state index contributed by atoms with van der Waals surface area (Å²) in [5, 5.41) is 2.68. The highest BCUT2D eigenvalue weighted by atomic mass is 79.9. The van der Waals surface area contributed by atoms with Gasteiger partial charge in [0.1, 0.15) is 10.8 Å². The molecule has 6 heteroatoms. The summed E-state index contributed by atoms with van der Waals surface area (Å²) in [6.45, 7) is 0. The molecular weight excluding hydrogens is 334 g/mol. The molecule has 0 aliphatic heterocycles. The lowest BCUT2D eigenvalue weighted by Gasteiger charge is -2.11. The maximum atomic E-state index is 14.1. The molecule has 0 amide bonds. The van der Waals surface area contributed by atoms with E-state index in [0.717, 1.165) is 0 Å². The first-order chi connectivity index (χ1) is 9.00. The number of benzene rings is 2. The second-order valence-corrected chi connectivity index (χ2v) is 4.99. The highest BCUT2D eigenvalue weighted by Gasteiger charge is 2.13. The highest BCUT2D eigenvalue weighted by Crippen LogP contribution is 2.29. The van der Waals surface area contributed by atoms with Crippen LogP contribution in [0.2, 0.25) is 0 Å². The van der Waals surface area contributed by atoms with Crippen LogP contribution in [-0.2, 0) is 0 Å². The van der Waals surface area contributed by atoms with Crippen molar-refractivity contribution in [1.82, 2.24) is 0 Å². The number of hydrogen-bond donors (Lipinski definition) is 2. The summed E-state index contributed by atoms with van der Waals surface area (Å²) in [6.07, 6.45) is 0. The fraction of sp³-hybridized carbons (Fsp3) is 0. The molecule has 0 spiro atoms. The number of para-hydroxylation sites is 1. The van der Waals surface area contributed by atoms with E-state index in [-0.39, 0.29) is 20.8 Å². The van der Waals surface area contributed by atoms with E-state index < -0.39 is 11.6 Å². The van der Waals surface area contributed by atoms with Crippen LogP contribution in [0.4, 0.5) is 20.2 Å². The Hall–Kier alpha value is -1.53. The molecule has 19 heavy (non-hydrogen) atoms. The Bertz CT molecular complexity index is 647. The van der Waals surface area contributed by atoms with Crippen LogP contribution in [0.25, 0.3) is 0 Å². The molecule has 2 rings (SSSR count). The van der Waals surface area contributed by atoms with Crippen LogP contribution >= 0.6 is 28.1 Å². The minimum Gasteiger partial charge on any atom is -0.389 e. The van der Waals surface area contributed by atoms with Gasteiger partial charge in [-0.25, -0.2) is 8.78 Å². The first-order valence-electron chi connectivity index (χ1n) is 5.30. The van der Waals surface area contributed by atoms with Crippen LogP contribution in [0.3, 0.4) is 0 Å². The third-order valence-electron chi connectivity index (χ3n) is 2.49. The number of nitrogens with one attached hydrogen (secondary N) is 1. The molecule has 0 aromatic heterocycles. The van der Waals surface area contributed by atoms with E-state index in [1.54, 1.807) is 18.2 Å². The van der Waals surface area contributed by atoms with E-state index in [0.29, 0.717) is 5.56 Å². The summed E-state index contributed by atoms with van der Waals surface area (Å²) >= 11 is 7.89. The Kier molecular flexibility index (Phi) is 4.11. The molecule has 0 heterocycles. The van der Waals surface area contributed by atoms with Crippen molar-refractivity contribution in [3.63, 3.8) is 0 Å². The standard InChI is InChI=1S/C13H9BrF2N2S/c14-11-7(13(17)19)5-6-10(12(11)16)18-9-4-2-1-3-8(9)15/h1-6,18H,(H2,17,19). The monoisotopic (exact) mass is 342 g/mol. The minimum atomic E-state index is -0.575. The Morgan fingerprint density at radius 1 is 1.11 bits per heavy atom. The van der Waals surface area contributed by atoms with Crippen LogP contribution in [0.5, 0.6) is 0 Å². The van der Waals surface area contributed by atoms with Gasteiger partial charge in [0.25, 0.3) is 0 Å². The number of anilines is 2. The van der Waals surface area contributed by atoms with Crippen molar-refractivity contribution in [3.05, 3.63) is 58.1 Å². The van der Waals surface area contributed by atoms with Gasteiger partial charge in [0, 0.05) is 5.56 Å². The lowest BCUT2D eigenvalue weighted by molar-refractivity contribution is 0.621. The zero-order valence-electron chi connectivity index (χ0n) is 9.58. The molecule has 98 valence electrons. The molecular formula is C13H9BrF2N2S. The van der Waals surface area contributed by atoms with Crippen molar-refractivity contribution in [2.45, 2.75) is 0 Å². The Labute approximate surface area is 122 Å². The second-order valence-electron chi connectivity index (χ2n) is 3.76. The number of hydrogen-bond acceptors (Lipinski definition) is 2. The highest BCUT2D eigenvalue weighted by molar-refractivity contribution is 9.10. The molecule has 2 nitrogen and oxygen atoms in total. The van der Waals surface area contributed by atoms with E-state index in [1.807, 2.05) is 0 Å². The van der Waals surface area contributed by atoms with Crippen LogP contribution < -0.4 is 11.1 Å². The average Bonchev–Trinajstić information content (AvgIpc) is 2.37. The third kappa shape index (κ3) is 2.90. The van der Waals surface area contributed by atoms with Crippen LogP contribution in [0.1, 0.15) is 5.56 Å². The summed E-state index contributed by atoms with van der Waals surface area (Å²) < 4.78 is 27.7. The van der Waals surface area contributed by atoms with Gasteiger partial charge in [-0.1, -0.05) is 24.4 Å². The van der Waals surface area contributed by atoms with Gasteiger partial charge in [0.2, 0.25) is 0 Å². The molecule has 0 fully saturated rings. The largest absolute Gasteiger partial charge is 0.389 e. The molecule has 0 aliphatic rings. The van der Waals surface area contributed by atoms with Crippen molar-refractivity contribution in [2.75, 3.05) is 5.32 Å². The van der Waals surface area contributed by atoms with Gasteiger partial charge in [-0.15, -0.1) is 0 Å². The number of thiocarbonyl (C=S) groups is 1.